The Morgan fingerprint density at radius 3 is 2.25 bits per heavy atom. The maximum atomic E-state index is 12.3. The van der Waals surface area contributed by atoms with Gasteiger partial charge in [-0.25, -0.2) is 14.6 Å². The van der Waals surface area contributed by atoms with Crippen molar-refractivity contribution in [3.63, 3.8) is 0 Å². The molecule has 2 atom stereocenters. The van der Waals surface area contributed by atoms with E-state index in [-0.39, 0.29) is 24.2 Å². The van der Waals surface area contributed by atoms with E-state index in [1.807, 2.05) is 36.4 Å². The minimum Gasteiger partial charge on any atom is -0.449 e. The van der Waals surface area contributed by atoms with Gasteiger partial charge < -0.3 is 25.0 Å². The summed E-state index contributed by atoms with van der Waals surface area (Å²) in [5.74, 6) is -0.0771. The summed E-state index contributed by atoms with van der Waals surface area (Å²) >= 11 is 0.995. The predicted octanol–water partition coefficient (Wildman–Crippen LogP) is 4.42. The molecule has 9 nitrogen and oxygen atoms in total. The molecule has 0 radical (unpaired) electrons. The molecule has 0 spiro atoms. The molecule has 36 heavy (non-hydrogen) atoms. The van der Waals surface area contributed by atoms with Crippen molar-refractivity contribution in [3.8, 4) is 11.1 Å². The number of nitrogens with zero attached hydrogens (tertiary/aromatic N) is 1. The van der Waals surface area contributed by atoms with Crippen molar-refractivity contribution in [1.29, 1.82) is 0 Å². The lowest BCUT2D eigenvalue weighted by Crippen LogP contribution is -2.36. The molecule has 2 amide bonds. The summed E-state index contributed by atoms with van der Waals surface area (Å²) in [6.07, 6.45) is -2.64. The Labute approximate surface area is 213 Å². The number of anilines is 1. The Kier molecular flexibility index (Phi) is 7.58. The molecule has 0 saturated heterocycles. The van der Waals surface area contributed by atoms with E-state index in [1.54, 1.807) is 20.8 Å². The third-order valence-electron chi connectivity index (χ3n) is 5.59. The standard InChI is InChI=1S/C26H29N3O6S/c1-26(2,3)35-25(33)29-23-27-13-21(36-23)22(31)20(30)12-28-24(32)34-14-19-17-10-6-4-8-15(17)16-9-5-7-11-18(16)19/h4-11,13,19-20,22,30-31H,12,14H2,1-3H3,(H,28,32)(H,27,29,33). The number of aromatic nitrogens is 1. The predicted molar refractivity (Wildman–Crippen MR) is 136 cm³/mol. The molecule has 0 aliphatic heterocycles. The van der Waals surface area contributed by atoms with Crippen LogP contribution >= 0.6 is 11.3 Å². The number of carbonyl (C=O) groups excluding carboxylic acids is 2. The summed E-state index contributed by atoms with van der Waals surface area (Å²) in [6, 6.07) is 16.1. The highest BCUT2D eigenvalue weighted by atomic mass is 32.1. The zero-order chi connectivity index (χ0) is 25.9. The monoisotopic (exact) mass is 511 g/mol. The maximum Gasteiger partial charge on any atom is 0.413 e. The number of nitrogens with one attached hydrogen (secondary N) is 2. The Morgan fingerprint density at radius 1 is 1.03 bits per heavy atom. The van der Waals surface area contributed by atoms with Gasteiger partial charge in [-0.2, -0.15) is 0 Å². The molecule has 0 fully saturated rings. The van der Waals surface area contributed by atoms with Gasteiger partial charge in [0.25, 0.3) is 0 Å². The first kappa shape index (κ1) is 25.6. The molecule has 3 aromatic rings. The van der Waals surface area contributed by atoms with Gasteiger partial charge in [-0.05, 0) is 43.0 Å². The van der Waals surface area contributed by atoms with Crippen LogP contribution < -0.4 is 10.6 Å². The van der Waals surface area contributed by atoms with Gasteiger partial charge in [0.2, 0.25) is 0 Å². The summed E-state index contributed by atoms with van der Waals surface area (Å²) < 4.78 is 10.6. The zero-order valence-corrected chi connectivity index (χ0v) is 21.0. The van der Waals surface area contributed by atoms with Crippen LogP contribution in [0.15, 0.2) is 54.7 Å². The van der Waals surface area contributed by atoms with Gasteiger partial charge in [-0.15, -0.1) is 0 Å². The molecule has 1 heterocycles. The molecular weight excluding hydrogens is 482 g/mol. The number of hydrogen-bond donors (Lipinski definition) is 4. The molecule has 2 aromatic carbocycles. The van der Waals surface area contributed by atoms with Crippen LogP contribution in [0.4, 0.5) is 14.7 Å². The van der Waals surface area contributed by atoms with Gasteiger partial charge in [0, 0.05) is 18.7 Å². The lowest BCUT2D eigenvalue weighted by atomic mass is 9.98. The number of fused-ring (bicyclic) bond motifs is 3. The largest absolute Gasteiger partial charge is 0.449 e. The highest BCUT2D eigenvalue weighted by molar-refractivity contribution is 7.15. The van der Waals surface area contributed by atoms with Crippen LogP contribution in [-0.4, -0.2) is 52.2 Å². The van der Waals surface area contributed by atoms with E-state index in [4.69, 9.17) is 9.47 Å². The molecule has 1 aliphatic carbocycles. The first-order valence-corrected chi connectivity index (χ1v) is 12.3. The summed E-state index contributed by atoms with van der Waals surface area (Å²) in [7, 11) is 0. The van der Waals surface area contributed by atoms with E-state index in [0.717, 1.165) is 33.6 Å². The highest BCUT2D eigenvalue weighted by Crippen LogP contribution is 2.44. The number of amides is 2. The van der Waals surface area contributed by atoms with Crippen LogP contribution in [-0.2, 0) is 9.47 Å². The van der Waals surface area contributed by atoms with Crippen molar-refractivity contribution < 1.29 is 29.3 Å². The topological polar surface area (TPSA) is 130 Å². The van der Waals surface area contributed by atoms with Gasteiger partial charge in [0.05, 0.1) is 4.88 Å². The minimum atomic E-state index is -1.31. The van der Waals surface area contributed by atoms with Crippen molar-refractivity contribution in [2.45, 2.75) is 44.5 Å². The van der Waals surface area contributed by atoms with Crippen LogP contribution in [0.1, 0.15) is 48.8 Å². The second-order valence-electron chi connectivity index (χ2n) is 9.41. The smallest absolute Gasteiger partial charge is 0.413 e. The lowest BCUT2D eigenvalue weighted by Gasteiger charge is -2.19. The zero-order valence-electron chi connectivity index (χ0n) is 20.2. The van der Waals surface area contributed by atoms with E-state index in [2.05, 4.69) is 27.8 Å². The van der Waals surface area contributed by atoms with Crippen molar-refractivity contribution in [1.82, 2.24) is 10.3 Å². The molecule has 0 saturated carbocycles. The van der Waals surface area contributed by atoms with Gasteiger partial charge >= 0.3 is 12.2 Å². The SMILES string of the molecule is CC(C)(C)OC(=O)Nc1ncc(C(O)C(O)CNC(=O)OCC2c3ccccc3-c3ccccc32)s1. The van der Waals surface area contributed by atoms with E-state index < -0.39 is 30.0 Å². The fourth-order valence-electron chi connectivity index (χ4n) is 4.01. The van der Waals surface area contributed by atoms with Crippen molar-refractivity contribution in [2.24, 2.45) is 0 Å². The fourth-order valence-corrected chi connectivity index (χ4v) is 4.86. The number of alkyl carbamates (subject to hydrolysis) is 1. The van der Waals surface area contributed by atoms with Gasteiger partial charge in [-0.1, -0.05) is 59.9 Å². The molecule has 190 valence electrons. The quantitative estimate of drug-likeness (QED) is 0.369. The summed E-state index contributed by atoms with van der Waals surface area (Å²) in [4.78, 5) is 28.5. The van der Waals surface area contributed by atoms with E-state index in [1.165, 1.54) is 6.20 Å². The first-order chi connectivity index (χ1) is 17.1. The first-order valence-electron chi connectivity index (χ1n) is 11.5. The second-order valence-corrected chi connectivity index (χ2v) is 10.5. The fraction of sp³-hybridized carbons (Fsp3) is 0.346. The lowest BCUT2D eigenvalue weighted by molar-refractivity contribution is 0.0205. The van der Waals surface area contributed by atoms with Crippen molar-refractivity contribution in [2.75, 3.05) is 18.5 Å². The third kappa shape index (κ3) is 6.01. The Morgan fingerprint density at radius 2 is 1.64 bits per heavy atom. The number of ether oxygens (including phenoxy) is 2. The molecular formula is C26H29N3O6S. The Balaban J connectivity index is 1.27. The average molecular weight is 512 g/mol. The number of hydrogen-bond acceptors (Lipinski definition) is 8. The number of aliphatic hydroxyl groups is 2. The van der Waals surface area contributed by atoms with Crippen LogP contribution in [0.2, 0.25) is 0 Å². The summed E-state index contributed by atoms with van der Waals surface area (Å²) in [5.41, 5.74) is 3.80. The third-order valence-corrected chi connectivity index (χ3v) is 6.57. The molecule has 2 unspecified atom stereocenters. The van der Waals surface area contributed by atoms with Gasteiger partial charge in [-0.3, -0.25) is 5.32 Å². The molecule has 4 N–H and O–H groups in total. The Bertz CT molecular complexity index is 1190. The van der Waals surface area contributed by atoms with Gasteiger partial charge in [0.1, 0.15) is 24.4 Å². The Hall–Kier alpha value is -3.47. The van der Waals surface area contributed by atoms with E-state index >= 15 is 0 Å². The van der Waals surface area contributed by atoms with E-state index in [0.29, 0.717) is 4.88 Å². The van der Waals surface area contributed by atoms with Gasteiger partial charge in [0.15, 0.2) is 5.13 Å². The van der Waals surface area contributed by atoms with Crippen LogP contribution in [0, 0.1) is 0 Å². The normalized spacial score (nSPS) is 14.4. The molecule has 10 heteroatoms. The molecule has 1 aliphatic rings. The van der Waals surface area contributed by atoms with E-state index in [9.17, 15) is 19.8 Å². The minimum absolute atomic E-state index is 0.0771. The van der Waals surface area contributed by atoms with Crippen molar-refractivity contribution in [3.05, 3.63) is 70.7 Å². The second kappa shape index (κ2) is 10.7. The molecule has 1 aromatic heterocycles. The molecule has 0 bridgehead atoms. The number of aliphatic hydroxyl groups excluding tert-OH is 2. The highest BCUT2D eigenvalue weighted by Gasteiger charge is 2.29. The van der Waals surface area contributed by atoms with Crippen molar-refractivity contribution >= 4 is 28.7 Å². The number of benzene rings is 2. The number of rotatable bonds is 7. The summed E-state index contributed by atoms with van der Waals surface area (Å²) in [6.45, 7) is 5.13. The van der Waals surface area contributed by atoms with Crippen LogP contribution in [0.3, 0.4) is 0 Å². The molecule has 4 rings (SSSR count). The van der Waals surface area contributed by atoms with Crippen LogP contribution in [0.5, 0.6) is 0 Å². The number of carbonyl (C=O) groups is 2. The summed E-state index contributed by atoms with van der Waals surface area (Å²) in [5, 5.41) is 26.0. The van der Waals surface area contributed by atoms with Crippen LogP contribution in [0.25, 0.3) is 11.1 Å². The number of thiazole rings is 1. The maximum absolute atomic E-state index is 12.3. The average Bonchev–Trinajstić information content (AvgIpc) is 3.42.